The minimum absolute atomic E-state index is 0.0856. The Morgan fingerprint density at radius 1 is 0.970 bits per heavy atom. The maximum Gasteiger partial charge on any atom is 0.335 e. The molecule has 2 aliphatic rings. The van der Waals surface area contributed by atoms with Crippen LogP contribution in [0.25, 0.3) is 6.08 Å². The summed E-state index contributed by atoms with van der Waals surface area (Å²) in [6.07, 6.45) is 1.71. The van der Waals surface area contributed by atoms with E-state index in [9.17, 15) is 19.2 Å². The van der Waals surface area contributed by atoms with Gasteiger partial charge in [-0.25, -0.2) is 9.79 Å². The number of hydrogen-bond donors (Lipinski definition) is 3. The van der Waals surface area contributed by atoms with Crippen molar-refractivity contribution in [3.8, 4) is 0 Å². The van der Waals surface area contributed by atoms with Gasteiger partial charge in [0.1, 0.15) is 0 Å². The Kier molecular flexibility index (Phi) is 6.08. The van der Waals surface area contributed by atoms with Gasteiger partial charge in [0.15, 0.2) is 0 Å². The number of hydrogen-bond acceptors (Lipinski definition) is 4. The molecule has 0 saturated carbocycles. The molecular weight excluding hydrogens is 422 g/mol. The molecule has 5 rings (SSSR count). The molecule has 0 spiro atoms. The maximum absolute atomic E-state index is 12.1. The fraction of sp³-hybridized carbons (Fsp3) is 0.0800. The van der Waals surface area contributed by atoms with Crippen LogP contribution >= 0.6 is 0 Å². The number of carbonyl (C=O) groups is 4. The Hall–Kier alpha value is -4.59. The fourth-order valence-electron chi connectivity index (χ4n) is 3.44. The van der Waals surface area contributed by atoms with Gasteiger partial charge in [0.05, 0.1) is 17.3 Å². The number of carbonyl (C=O) groups excluding carboxylic acids is 3. The number of rotatable bonds is 4. The highest BCUT2D eigenvalue weighted by Crippen LogP contribution is 2.23. The minimum Gasteiger partial charge on any atom is -0.478 e. The first kappa shape index (κ1) is 21.6. The van der Waals surface area contributed by atoms with Crippen LogP contribution < -0.4 is 21.2 Å². The average molecular weight is 441 g/mol. The Morgan fingerprint density at radius 2 is 1.73 bits per heavy atom. The smallest absolute Gasteiger partial charge is 0.335 e. The number of aromatic carboxylic acids is 1. The van der Waals surface area contributed by atoms with Gasteiger partial charge >= 0.3 is 5.97 Å². The van der Waals surface area contributed by atoms with E-state index >= 15 is 0 Å². The number of nitrogens with one attached hydrogen (secondary N) is 2. The van der Waals surface area contributed by atoms with Gasteiger partial charge in [-0.1, -0.05) is 30.3 Å². The van der Waals surface area contributed by atoms with Gasteiger partial charge < -0.3 is 15.7 Å². The molecule has 0 unspecified atom stereocenters. The highest BCUT2D eigenvalue weighted by Gasteiger charge is 2.18. The summed E-state index contributed by atoms with van der Waals surface area (Å²) in [6.45, 7) is 0.476. The molecule has 0 bridgehead atoms. The van der Waals surface area contributed by atoms with Crippen LogP contribution in [-0.2, 0) is 22.6 Å². The van der Waals surface area contributed by atoms with Gasteiger partial charge in [0.2, 0.25) is 5.91 Å². The van der Waals surface area contributed by atoms with Crippen molar-refractivity contribution in [3.63, 3.8) is 0 Å². The Bertz CT molecular complexity index is 1400. The zero-order valence-corrected chi connectivity index (χ0v) is 17.4. The van der Waals surface area contributed by atoms with Gasteiger partial charge in [-0.05, 0) is 47.5 Å². The Morgan fingerprint density at radius 3 is 2.48 bits per heavy atom. The van der Waals surface area contributed by atoms with Crippen molar-refractivity contribution >= 4 is 35.5 Å². The van der Waals surface area contributed by atoms with Gasteiger partial charge in [0, 0.05) is 29.1 Å². The zero-order chi connectivity index (χ0) is 23.4. The maximum atomic E-state index is 12.1. The van der Waals surface area contributed by atoms with E-state index in [4.69, 9.17) is 5.11 Å². The lowest BCUT2D eigenvalue weighted by Crippen LogP contribution is -2.27. The molecule has 0 saturated heterocycles. The monoisotopic (exact) mass is 441 g/mol. The molecular formula is C25H19N3O5. The number of nitrogens with zero attached hydrogens (tertiary/aromatic N) is 1. The summed E-state index contributed by atoms with van der Waals surface area (Å²) in [5.74, 6) is -1.49. The third-order valence-corrected chi connectivity index (χ3v) is 5.07. The third kappa shape index (κ3) is 5.19. The quantitative estimate of drug-likeness (QED) is 0.565. The Balaban J connectivity index is 0.000000172. The van der Waals surface area contributed by atoms with Crippen molar-refractivity contribution in [1.29, 1.82) is 0 Å². The number of anilines is 1. The summed E-state index contributed by atoms with van der Waals surface area (Å²) < 4.78 is 0. The number of amides is 3. The zero-order valence-electron chi connectivity index (χ0n) is 17.4. The van der Waals surface area contributed by atoms with Gasteiger partial charge in [-0.2, -0.15) is 0 Å². The second-order valence-corrected chi connectivity index (χ2v) is 7.44. The minimum atomic E-state index is -0.970. The van der Waals surface area contributed by atoms with E-state index in [1.807, 2.05) is 30.3 Å². The molecule has 164 valence electrons. The largest absolute Gasteiger partial charge is 0.478 e. The summed E-state index contributed by atoms with van der Waals surface area (Å²) in [5.41, 5.74) is 3.26. The van der Waals surface area contributed by atoms with Crippen LogP contribution in [0.2, 0.25) is 0 Å². The van der Waals surface area contributed by atoms with E-state index in [2.05, 4.69) is 15.6 Å². The van der Waals surface area contributed by atoms with Crippen LogP contribution in [0.4, 0.5) is 5.69 Å². The van der Waals surface area contributed by atoms with Gasteiger partial charge in [0.25, 0.3) is 11.8 Å². The summed E-state index contributed by atoms with van der Waals surface area (Å²) in [6, 6.07) is 19.4. The summed E-state index contributed by atoms with van der Waals surface area (Å²) >= 11 is 0. The lowest BCUT2D eigenvalue weighted by molar-refractivity contribution is -0.115. The van der Waals surface area contributed by atoms with Crippen molar-refractivity contribution in [1.82, 2.24) is 5.32 Å². The molecule has 3 aromatic carbocycles. The Labute approximate surface area is 188 Å². The topological polar surface area (TPSA) is 125 Å². The predicted octanol–water partition coefficient (Wildman–Crippen LogP) is 1.44. The molecule has 3 aromatic rings. The van der Waals surface area contributed by atoms with Crippen LogP contribution in [0.15, 0.2) is 71.7 Å². The number of carboxylic acids is 1. The van der Waals surface area contributed by atoms with Crippen LogP contribution in [0.1, 0.15) is 31.8 Å². The fourth-order valence-corrected chi connectivity index (χ4v) is 3.44. The molecule has 2 aliphatic heterocycles. The second kappa shape index (κ2) is 9.27. The standard InChI is InChI=1S/C16H12N2O2.C9H7NO3/c19-15-9-13-8-12(6-7-14(13)18-15)16(20)17-10-11-4-2-1-3-5-11;11-8-4-6-3-5(9(12)13)1-2-7(6)10-8/h1-9H,10H2,(H,17,20);1-3H,4H2,(H,10,11)(H,12,13). The second-order valence-electron chi connectivity index (χ2n) is 7.44. The van der Waals surface area contributed by atoms with E-state index in [1.54, 1.807) is 24.3 Å². The van der Waals surface area contributed by atoms with E-state index in [0.29, 0.717) is 22.7 Å². The average Bonchev–Trinajstić information content (AvgIpc) is 3.37. The lowest BCUT2D eigenvalue weighted by Gasteiger charge is -2.05. The third-order valence-electron chi connectivity index (χ3n) is 5.07. The molecule has 3 amide bonds. The molecule has 3 N–H and O–H groups in total. The van der Waals surface area contributed by atoms with Gasteiger partial charge in [-0.15, -0.1) is 0 Å². The summed E-state index contributed by atoms with van der Waals surface area (Å²) in [4.78, 5) is 48.5. The molecule has 8 heteroatoms. The molecule has 0 radical (unpaired) electrons. The predicted molar refractivity (Wildman–Crippen MR) is 120 cm³/mol. The van der Waals surface area contributed by atoms with E-state index in [1.165, 1.54) is 18.2 Å². The van der Waals surface area contributed by atoms with Crippen molar-refractivity contribution in [3.05, 3.63) is 99.6 Å². The molecule has 0 fully saturated rings. The summed E-state index contributed by atoms with van der Waals surface area (Å²) in [5, 5.41) is 15.5. The van der Waals surface area contributed by atoms with Crippen molar-refractivity contribution in [2.75, 3.05) is 5.32 Å². The molecule has 0 aliphatic carbocycles. The van der Waals surface area contributed by atoms with E-state index < -0.39 is 5.97 Å². The number of benzene rings is 3. The normalized spacial score (nSPS) is 12.8. The highest BCUT2D eigenvalue weighted by atomic mass is 16.4. The van der Waals surface area contributed by atoms with Crippen molar-refractivity contribution < 1.29 is 24.3 Å². The molecule has 2 heterocycles. The SMILES string of the molecule is O=C1C=c2cc(C(=O)NCc3ccccc3)ccc2=N1.O=C1Cc2cc(C(=O)O)ccc2N1. The van der Waals surface area contributed by atoms with Crippen LogP contribution in [0.3, 0.4) is 0 Å². The van der Waals surface area contributed by atoms with Gasteiger partial charge in [-0.3, -0.25) is 14.4 Å². The number of carboxylic acid groups (broad SMARTS) is 1. The molecule has 8 nitrogen and oxygen atoms in total. The summed E-state index contributed by atoms with van der Waals surface area (Å²) in [7, 11) is 0. The van der Waals surface area contributed by atoms with Crippen LogP contribution in [0, 0.1) is 0 Å². The van der Waals surface area contributed by atoms with Crippen molar-refractivity contribution in [2.45, 2.75) is 13.0 Å². The first-order valence-electron chi connectivity index (χ1n) is 10.1. The molecule has 0 aromatic heterocycles. The molecule has 33 heavy (non-hydrogen) atoms. The van der Waals surface area contributed by atoms with Crippen LogP contribution in [0.5, 0.6) is 0 Å². The number of fused-ring (bicyclic) bond motifs is 2. The van der Waals surface area contributed by atoms with Crippen molar-refractivity contribution in [2.24, 2.45) is 4.99 Å². The van der Waals surface area contributed by atoms with E-state index in [-0.39, 0.29) is 29.7 Å². The molecule has 0 atom stereocenters. The first-order valence-corrected chi connectivity index (χ1v) is 10.1. The lowest BCUT2D eigenvalue weighted by atomic mass is 10.1. The van der Waals surface area contributed by atoms with Crippen LogP contribution in [-0.4, -0.2) is 28.8 Å². The highest BCUT2D eigenvalue weighted by molar-refractivity contribution is 6.06. The van der Waals surface area contributed by atoms with E-state index in [0.717, 1.165) is 16.8 Å². The first-order chi connectivity index (χ1) is 15.9.